The lowest BCUT2D eigenvalue weighted by atomic mass is 9.78. The molecule has 3 N–H and O–H groups in total. The Bertz CT molecular complexity index is 1100. The van der Waals surface area contributed by atoms with Gasteiger partial charge in [0.2, 0.25) is 5.91 Å². The number of carbonyl (C=O) groups excluding carboxylic acids is 2. The Hall–Kier alpha value is -3.35. The van der Waals surface area contributed by atoms with Crippen LogP contribution in [0.25, 0.3) is 11.1 Å². The Morgan fingerprint density at radius 3 is 2.20 bits per heavy atom. The second-order valence-electron chi connectivity index (χ2n) is 10.3. The number of alkyl carbamates (subject to hydrolysis) is 1. The number of aliphatic carboxylic acids is 1. The molecule has 2 amide bonds. The normalized spacial score (nSPS) is 24.1. The van der Waals surface area contributed by atoms with Gasteiger partial charge in [-0.25, -0.2) is 4.79 Å². The van der Waals surface area contributed by atoms with Crippen LogP contribution in [0.3, 0.4) is 0 Å². The smallest absolute Gasteiger partial charge is 0.407 e. The Balaban J connectivity index is 1.25. The van der Waals surface area contributed by atoms with Crippen LogP contribution < -0.4 is 10.6 Å². The number of benzene rings is 2. The van der Waals surface area contributed by atoms with Crippen LogP contribution in [0, 0.1) is 11.3 Å². The summed E-state index contributed by atoms with van der Waals surface area (Å²) in [7, 11) is 0. The third-order valence-corrected chi connectivity index (χ3v) is 8.28. The molecule has 0 aliphatic heterocycles. The van der Waals surface area contributed by atoms with Crippen molar-refractivity contribution < 1.29 is 24.2 Å². The van der Waals surface area contributed by atoms with Crippen molar-refractivity contribution >= 4 is 18.0 Å². The van der Waals surface area contributed by atoms with Crippen LogP contribution in [-0.2, 0) is 14.3 Å². The second-order valence-corrected chi connectivity index (χ2v) is 10.3. The van der Waals surface area contributed by atoms with Crippen molar-refractivity contribution in [1.29, 1.82) is 0 Å². The van der Waals surface area contributed by atoms with Crippen LogP contribution in [0.15, 0.2) is 48.5 Å². The van der Waals surface area contributed by atoms with Gasteiger partial charge >= 0.3 is 12.1 Å². The number of hydrogen-bond acceptors (Lipinski definition) is 4. The molecule has 3 atom stereocenters. The first-order valence-electron chi connectivity index (χ1n) is 12.5. The Labute approximate surface area is 205 Å². The molecule has 2 aromatic rings. The summed E-state index contributed by atoms with van der Waals surface area (Å²) in [5.74, 6) is -1.24. The molecule has 2 aromatic carbocycles. The van der Waals surface area contributed by atoms with Gasteiger partial charge in [0.1, 0.15) is 12.6 Å². The molecule has 3 aliphatic rings. The van der Waals surface area contributed by atoms with Crippen LogP contribution in [0.1, 0.15) is 62.5 Å². The van der Waals surface area contributed by atoms with Crippen molar-refractivity contribution in [2.45, 2.75) is 63.5 Å². The number of carboxylic acids is 1. The third-order valence-electron chi connectivity index (χ3n) is 8.28. The lowest BCUT2D eigenvalue weighted by Gasteiger charge is -2.35. The number of fused-ring (bicyclic) bond motifs is 3. The van der Waals surface area contributed by atoms with Crippen molar-refractivity contribution in [3.05, 3.63) is 59.7 Å². The largest absolute Gasteiger partial charge is 0.481 e. The number of rotatable bonds is 7. The third kappa shape index (κ3) is 4.28. The molecule has 2 saturated carbocycles. The zero-order valence-electron chi connectivity index (χ0n) is 20.0. The minimum Gasteiger partial charge on any atom is -0.481 e. The lowest BCUT2D eigenvalue weighted by Crippen LogP contribution is -2.57. The molecule has 7 nitrogen and oxygen atoms in total. The summed E-state index contributed by atoms with van der Waals surface area (Å²) >= 11 is 0. The molecule has 2 fully saturated rings. The zero-order chi connectivity index (χ0) is 24.6. The monoisotopic (exact) mass is 476 g/mol. The fourth-order valence-electron chi connectivity index (χ4n) is 5.85. The van der Waals surface area contributed by atoms with Crippen molar-refractivity contribution in [2.24, 2.45) is 11.3 Å². The Morgan fingerprint density at radius 2 is 1.63 bits per heavy atom. The lowest BCUT2D eigenvalue weighted by molar-refractivity contribution is -0.149. The van der Waals surface area contributed by atoms with E-state index in [1.807, 2.05) is 24.3 Å². The van der Waals surface area contributed by atoms with Gasteiger partial charge < -0.3 is 20.5 Å². The van der Waals surface area contributed by atoms with Crippen LogP contribution >= 0.6 is 0 Å². The average molecular weight is 477 g/mol. The maximum absolute atomic E-state index is 13.2. The van der Waals surface area contributed by atoms with E-state index in [-0.39, 0.29) is 24.3 Å². The highest BCUT2D eigenvalue weighted by molar-refractivity contribution is 5.87. The molecule has 5 rings (SSSR count). The van der Waals surface area contributed by atoms with E-state index >= 15 is 0 Å². The molecule has 184 valence electrons. The van der Waals surface area contributed by atoms with E-state index in [9.17, 15) is 19.5 Å². The van der Waals surface area contributed by atoms with Crippen LogP contribution in [0.4, 0.5) is 4.79 Å². The predicted octanol–water partition coefficient (Wildman–Crippen LogP) is 4.45. The summed E-state index contributed by atoms with van der Waals surface area (Å²) < 4.78 is 5.66. The summed E-state index contributed by atoms with van der Waals surface area (Å²) in [6.07, 6.45) is 3.99. The van der Waals surface area contributed by atoms with Crippen LogP contribution in [0.2, 0.25) is 0 Å². The molecular weight excluding hydrogens is 444 g/mol. The van der Waals surface area contributed by atoms with E-state index in [1.165, 1.54) is 0 Å². The first kappa shape index (κ1) is 23.4. The van der Waals surface area contributed by atoms with Gasteiger partial charge in [-0.1, -0.05) is 61.4 Å². The van der Waals surface area contributed by atoms with Crippen molar-refractivity contribution in [3.8, 4) is 11.1 Å². The van der Waals surface area contributed by atoms with E-state index in [1.54, 1.807) is 6.92 Å². The highest BCUT2D eigenvalue weighted by atomic mass is 16.5. The molecule has 0 saturated heterocycles. The standard InChI is InChI=1S/C28H32N2O5/c1-28(26(32)33)15-7-14-23(28)29-25(31)24(17-8-6-9-17)30-27(34)35-16-22-20-12-4-2-10-18(20)19-11-3-5-13-21(19)22/h2-5,10-13,17,22-24H,6-9,14-16H2,1H3,(H,29,31)(H,30,34)(H,32,33). The SMILES string of the molecule is CC1(C(=O)O)CCCC1NC(=O)C(NC(=O)OCC1c2ccccc2-c2ccccc21)C1CCC1. The van der Waals surface area contributed by atoms with Crippen molar-refractivity contribution in [3.63, 3.8) is 0 Å². The van der Waals surface area contributed by atoms with Crippen LogP contribution in [-0.4, -0.2) is 41.8 Å². The fraction of sp³-hybridized carbons (Fsp3) is 0.464. The molecule has 0 heterocycles. The van der Waals surface area contributed by atoms with Crippen molar-refractivity contribution in [1.82, 2.24) is 10.6 Å². The Kier molecular flexibility index (Phi) is 6.26. The Morgan fingerprint density at radius 1 is 1.00 bits per heavy atom. The van der Waals surface area contributed by atoms with Crippen LogP contribution in [0.5, 0.6) is 0 Å². The van der Waals surface area contributed by atoms with Gasteiger partial charge in [0.05, 0.1) is 5.41 Å². The molecule has 0 radical (unpaired) electrons. The first-order valence-corrected chi connectivity index (χ1v) is 12.5. The number of ether oxygens (including phenoxy) is 1. The zero-order valence-corrected chi connectivity index (χ0v) is 20.0. The first-order chi connectivity index (χ1) is 16.9. The molecule has 3 unspecified atom stereocenters. The van der Waals surface area contributed by atoms with Gasteiger partial charge in [-0.2, -0.15) is 0 Å². The predicted molar refractivity (Wildman–Crippen MR) is 131 cm³/mol. The maximum atomic E-state index is 13.2. The van der Waals surface area contributed by atoms with Gasteiger partial charge in [0.15, 0.2) is 0 Å². The topological polar surface area (TPSA) is 105 Å². The highest BCUT2D eigenvalue weighted by Crippen LogP contribution is 2.44. The summed E-state index contributed by atoms with van der Waals surface area (Å²) in [5.41, 5.74) is 3.58. The molecule has 0 aromatic heterocycles. The minimum atomic E-state index is -0.983. The van der Waals surface area contributed by atoms with Gasteiger partial charge in [-0.05, 0) is 60.8 Å². The molecule has 0 spiro atoms. The number of amides is 2. The van der Waals surface area contributed by atoms with Gasteiger partial charge in [0.25, 0.3) is 0 Å². The van der Waals surface area contributed by atoms with E-state index < -0.39 is 29.6 Å². The summed E-state index contributed by atoms with van der Waals surface area (Å²) in [6.45, 7) is 1.86. The second kappa shape index (κ2) is 9.36. The number of hydrogen-bond donors (Lipinski definition) is 3. The van der Waals surface area contributed by atoms with Gasteiger partial charge in [-0.15, -0.1) is 0 Å². The molecule has 0 bridgehead atoms. The maximum Gasteiger partial charge on any atom is 0.407 e. The molecule has 3 aliphatic carbocycles. The number of carbonyl (C=O) groups is 3. The van der Waals surface area contributed by atoms with E-state index in [0.717, 1.165) is 47.9 Å². The number of carboxylic acid groups (broad SMARTS) is 1. The van der Waals surface area contributed by atoms with Gasteiger partial charge in [-0.3, -0.25) is 9.59 Å². The van der Waals surface area contributed by atoms with E-state index in [0.29, 0.717) is 12.8 Å². The van der Waals surface area contributed by atoms with Crippen molar-refractivity contribution in [2.75, 3.05) is 6.61 Å². The average Bonchev–Trinajstić information content (AvgIpc) is 3.35. The highest BCUT2D eigenvalue weighted by Gasteiger charge is 2.47. The fourth-order valence-corrected chi connectivity index (χ4v) is 5.85. The van der Waals surface area contributed by atoms with E-state index in [4.69, 9.17) is 4.74 Å². The summed E-state index contributed by atoms with van der Waals surface area (Å²) in [6, 6.07) is 15.1. The summed E-state index contributed by atoms with van der Waals surface area (Å²) in [5, 5.41) is 15.4. The van der Waals surface area contributed by atoms with E-state index in [2.05, 4.69) is 34.9 Å². The molecule has 35 heavy (non-hydrogen) atoms. The molecular formula is C28H32N2O5. The summed E-state index contributed by atoms with van der Waals surface area (Å²) in [4.78, 5) is 37.9. The molecule has 7 heteroatoms. The quantitative estimate of drug-likeness (QED) is 0.548. The number of nitrogens with one attached hydrogen (secondary N) is 2. The minimum absolute atomic E-state index is 0.0352. The van der Waals surface area contributed by atoms with Gasteiger partial charge in [0, 0.05) is 12.0 Å².